The Morgan fingerprint density at radius 2 is 1.56 bits per heavy atom. The Morgan fingerprint density at radius 1 is 0.944 bits per heavy atom. The van der Waals surface area contributed by atoms with Crippen LogP contribution in [-0.2, 0) is 16.6 Å². The van der Waals surface area contributed by atoms with Gasteiger partial charge in [-0.2, -0.15) is 0 Å². The van der Waals surface area contributed by atoms with Gasteiger partial charge in [0.2, 0.25) is 0 Å². The highest BCUT2D eigenvalue weighted by molar-refractivity contribution is 7.92. The van der Waals surface area contributed by atoms with Gasteiger partial charge in [0, 0.05) is 5.69 Å². The van der Waals surface area contributed by atoms with Crippen LogP contribution in [0, 0.1) is 0 Å². The van der Waals surface area contributed by atoms with Gasteiger partial charge >= 0.3 is 0 Å². The molecule has 2 rings (SSSR count). The van der Waals surface area contributed by atoms with E-state index in [0.717, 1.165) is 5.56 Å². The van der Waals surface area contributed by atoms with Crippen molar-refractivity contribution < 1.29 is 13.5 Å². The second-order valence-electron chi connectivity index (χ2n) is 3.77. The Morgan fingerprint density at radius 3 is 2.11 bits per heavy atom. The third-order valence-electron chi connectivity index (χ3n) is 2.44. The third-order valence-corrected chi connectivity index (χ3v) is 3.84. The largest absolute Gasteiger partial charge is 0.392 e. The fourth-order valence-electron chi connectivity index (χ4n) is 1.49. The molecular formula is C13H13NO3S. The molecule has 0 bridgehead atoms. The fraction of sp³-hybridized carbons (Fsp3) is 0.0769. The first kappa shape index (κ1) is 12.6. The summed E-state index contributed by atoms with van der Waals surface area (Å²) < 4.78 is 26.5. The quantitative estimate of drug-likeness (QED) is 0.886. The van der Waals surface area contributed by atoms with Gasteiger partial charge in [-0.1, -0.05) is 30.3 Å². The molecule has 5 heteroatoms. The zero-order chi connectivity index (χ0) is 13.0. The first-order chi connectivity index (χ1) is 8.62. The first-order valence-corrected chi connectivity index (χ1v) is 6.88. The van der Waals surface area contributed by atoms with Gasteiger partial charge in [0.05, 0.1) is 11.5 Å². The van der Waals surface area contributed by atoms with Crippen LogP contribution in [0.3, 0.4) is 0 Å². The van der Waals surface area contributed by atoms with Crippen LogP contribution in [0.1, 0.15) is 5.56 Å². The minimum absolute atomic E-state index is 0.0638. The van der Waals surface area contributed by atoms with Crippen molar-refractivity contribution in [3.8, 4) is 0 Å². The topological polar surface area (TPSA) is 66.4 Å². The van der Waals surface area contributed by atoms with Crippen LogP contribution >= 0.6 is 0 Å². The number of hydrogen-bond donors (Lipinski definition) is 2. The van der Waals surface area contributed by atoms with E-state index < -0.39 is 10.0 Å². The van der Waals surface area contributed by atoms with Crippen molar-refractivity contribution in [1.29, 1.82) is 0 Å². The Balaban J connectivity index is 2.22. The van der Waals surface area contributed by atoms with Crippen LogP contribution in [0.25, 0.3) is 0 Å². The highest BCUT2D eigenvalue weighted by atomic mass is 32.2. The molecule has 0 amide bonds. The zero-order valence-corrected chi connectivity index (χ0v) is 10.4. The third kappa shape index (κ3) is 2.88. The summed E-state index contributed by atoms with van der Waals surface area (Å²) in [7, 11) is -3.55. The maximum atomic E-state index is 12.0. The molecule has 4 nitrogen and oxygen atoms in total. The molecule has 0 aliphatic carbocycles. The number of anilines is 1. The lowest BCUT2D eigenvalue weighted by atomic mass is 10.2. The first-order valence-electron chi connectivity index (χ1n) is 5.39. The van der Waals surface area contributed by atoms with Crippen molar-refractivity contribution in [3.05, 3.63) is 60.2 Å². The van der Waals surface area contributed by atoms with Crippen molar-refractivity contribution in [2.45, 2.75) is 11.5 Å². The molecule has 0 saturated heterocycles. The monoisotopic (exact) mass is 263 g/mol. The highest BCUT2D eigenvalue weighted by Crippen LogP contribution is 2.16. The normalized spacial score (nSPS) is 11.2. The Hall–Kier alpha value is -1.85. The fourth-order valence-corrected chi connectivity index (χ4v) is 2.57. The predicted molar refractivity (Wildman–Crippen MR) is 69.6 cm³/mol. The number of benzene rings is 2. The van der Waals surface area contributed by atoms with Gasteiger partial charge in [-0.15, -0.1) is 0 Å². The van der Waals surface area contributed by atoms with Gasteiger partial charge in [-0.3, -0.25) is 4.72 Å². The zero-order valence-electron chi connectivity index (χ0n) is 9.58. The second kappa shape index (κ2) is 5.20. The molecule has 0 aliphatic rings. The lowest BCUT2D eigenvalue weighted by Gasteiger charge is -2.08. The van der Waals surface area contributed by atoms with Gasteiger partial charge in [-0.25, -0.2) is 8.42 Å². The molecule has 18 heavy (non-hydrogen) atoms. The molecule has 0 atom stereocenters. The minimum Gasteiger partial charge on any atom is -0.392 e. The molecule has 2 aromatic carbocycles. The highest BCUT2D eigenvalue weighted by Gasteiger charge is 2.12. The number of aliphatic hydroxyl groups excluding tert-OH is 1. The molecule has 94 valence electrons. The summed E-state index contributed by atoms with van der Waals surface area (Å²) in [6.45, 7) is -0.0638. The van der Waals surface area contributed by atoms with E-state index >= 15 is 0 Å². The molecular weight excluding hydrogens is 250 g/mol. The summed E-state index contributed by atoms with van der Waals surface area (Å²) in [5.41, 5.74) is 1.20. The minimum atomic E-state index is -3.55. The Bertz CT molecular complexity index is 606. The van der Waals surface area contributed by atoms with Gasteiger partial charge in [-0.05, 0) is 29.8 Å². The second-order valence-corrected chi connectivity index (χ2v) is 5.46. The molecule has 0 spiro atoms. The van der Waals surface area contributed by atoms with E-state index in [-0.39, 0.29) is 11.5 Å². The maximum absolute atomic E-state index is 12.0. The van der Waals surface area contributed by atoms with Gasteiger partial charge in [0.15, 0.2) is 0 Å². The van der Waals surface area contributed by atoms with E-state index in [0.29, 0.717) is 5.69 Å². The smallest absolute Gasteiger partial charge is 0.261 e. The van der Waals surface area contributed by atoms with Crippen molar-refractivity contribution in [2.24, 2.45) is 0 Å². The molecule has 2 aromatic rings. The molecule has 2 N–H and O–H groups in total. The number of nitrogens with one attached hydrogen (secondary N) is 1. The van der Waals surface area contributed by atoms with Crippen LogP contribution in [-0.4, -0.2) is 13.5 Å². The van der Waals surface area contributed by atoms with Crippen LogP contribution in [0.4, 0.5) is 5.69 Å². The van der Waals surface area contributed by atoms with Crippen LogP contribution in [0.5, 0.6) is 0 Å². The van der Waals surface area contributed by atoms with E-state index in [1.54, 1.807) is 42.5 Å². The molecule has 0 radical (unpaired) electrons. The van der Waals surface area contributed by atoms with Gasteiger partial charge < -0.3 is 5.11 Å². The predicted octanol–water partition coefficient (Wildman–Crippen LogP) is 1.98. The van der Waals surface area contributed by atoms with E-state index in [1.807, 2.05) is 0 Å². The lowest BCUT2D eigenvalue weighted by molar-refractivity contribution is 0.282. The number of sulfonamides is 1. The number of rotatable bonds is 4. The van der Waals surface area contributed by atoms with Crippen molar-refractivity contribution in [3.63, 3.8) is 0 Å². The van der Waals surface area contributed by atoms with E-state index in [4.69, 9.17) is 5.11 Å². The van der Waals surface area contributed by atoms with Crippen LogP contribution < -0.4 is 4.72 Å². The summed E-state index contributed by atoms with van der Waals surface area (Å²) >= 11 is 0. The molecule has 0 unspecified atom stereocenters. The van der Waals surface area contributed by atoms with Crippen LogP contribution in [0.15, 0.2) is 59.5 Å². The molecule has 0 heterocycles. The average molecular weight is 263 g/mol. The SMILES string of the molecule is O=S(=O)(Nc1ccc(CO)cc1)c1ccccc1. The van der Waals surface area contributed by atoms with Crippen LogP contribution in [0.2, 0.25) is 0 Å². The van der Waals surface area contributed by atoms with E-state index in [9.17, 15) is 8.42 Å². The molecule has 0 aromatic heterocycles. The number of hydrogen-bond acceptors (Lipinski definition) is 3. The number of aliphatic hydroxyl groups is 1. The molecule has 0 saturated carbocycles. The van der Waals surface area contributed by atoms with E-state index in [2.05, 4.69) is 4.72 Å². The van der Waals surface area contributed by atoms with Gasteiger partial charge in [0.25, 0.3) is 10.0 Å². The van der Waals surface area contributed by atoms with Crippen molar-refractivity contribution >= 4 is 15.7 Å². The summed E-state index contributed by atoms with van der Waals surface area (Å²) in [6.07, 6.45) is 0. The standard InChI is InChI=1S/C13H13NO3S/c15-10-11-6-8-12(9-7-11)14-18(16,17)13-4-2-1-3-5-13/h1-9,14-15H,10H2. The molecule has 0 aliphatic heterocycles. The summed E-state index contributed by atoms with van der Waals surface area (Å²) in [4.78, 5) is 0.219. The van der Waals surface area contributed by atoms with Gasteiger partial charge in [0.1, 0.15) is 0 Å². The summed E-state index contributed by atoms with van der Waals surface area (Å²) in [5, 5.41) is 8.90. The lowest BCUT2D eigenvalue weighted by Crippen LogP contribution is -2.12. The van der Waals surface area contributed by atoms with Crippen molar-refractivity contribution in [1.82, 2.24) is 0 Å². The van der Waals surface area contributed by atoms with Crippen molar-refractivity contribution in [2.75, 3.05) is 4.72 Å². The summed E-state index contributed by atoms with van der Waals surface area (Å²) in [5.74, 6) is 0. The van der Waals surface area contributed by atoms with E-state index in [1.165, 1.54) is 12.1 Å². The Kier molecular flexibility index (Phi) is 3.64. The maximum Gasteiger partial charge on any atom is 0.261 e. The average Bonchev–Trinajstić information content (AvgIpc) is 2.40. The molecule has 0 fully saturated rings. The Labute approximate surface area is 106 Å². The summed E-state index contributed by atoms with van der Waals surface area (Å²) in [6, 6.07) is 14.7.